The van der Waals surface area contributed by atoms with E-state index in [1.54, 1.807) is 0 Å². The maximum Gasteiger partial charge on any atom is 0.326 e. The van der Waals surface area contributed by atoms with Crippen LogP contribution >= 0.6 is 0 Å². The minimum absolute atomic E-state index is 0.115. The second-order valence-corrected chi connectivity index (χ2v) is 5.76. The zero-order valence-corrected chi connectivity index (χ0v) is 13.0. The van der Waals surface area contributed by atoms with Crippen molar-refractivity contribution in [3.63, 3.8) is 0 Å². The van der Waals surface area contributed by atoms with Crippen LogP contribution < -0.4 is 5.32 Å². The average Bonchev–Trinajstić information content (AvgIpc) is 2.80. The van der Waals surface area contributed by atoms with E-state index in [-0.39, 0.29) is 5.97 Å². The van der Waals surface area contributed by atoms with Crippen molar-refractivity contribution in [2.24, 2.45) is 0 Å². The maximum absolute atomic E-state index is 12.2. The number of hydrogen-bond acceptors (Lipinski definition) is 4. The fourth-order valence-electron chi connectivity index (χ4n) is 2.65. The normalized spacial score (nSPS) is 23.3. The summed E-state index contributed by atoms with van der Waals surface area (Å²) in [6.07, 6.45) is 4.39. The van der Waals surface area contributed by atoms with Gasteiger partial charge in [0.25, 0.3) is 0 Å². The van der Waals surface area contributed by atoms with Crippen molar-refractivity contribution in [1.29, 1.82) is 0 Å². The van der Waals surface area contributed by atoms with Crippen molar-refractivity contribution in [2.75, 3.05) is 26.2 Å². The first-order chi connectivity index (χ1) is 9.03. The lowest BCUT2D eigenvalue weighted by Crippen LogP contribution is -2.52. The van der Waals surface area contributed by atoms with Gasteiger partial charge in [-0.1, -0.05) is 6.92 Å². The molecule has 1 aliphatic heterocycles. The number of carbonyl (C=O) groups is 1. The average molecular weight is 270 g/mol. The summed E-state index contributed by atoms with van der Waals surface area (Å²) in [4.78, 5) is 14.6. The first-order valence-corrected chi connectivity index (χ1v) is 7.69. The van der Waals surface area contributed by atoms with Gasteiger partial charge in [-0.05, 0) is 59.5 Å². The van der Waals surface area contributed by atoms with Crippen LogP contribution in [0.3, 0.4) is 0 Å². The van der Waals surface area contributed by atoms with Gasteiger partial charge < -0.3 is 15.0 Å². The molecule has 4 heteroatoms. The summed E-state index contributed by atoms with van der Waals surface area (Å²) in [5, 5.41) is 3.37. The summed E-state index contributed by atoms with van der Waals surface area (Å²) in [5.74, 6) is -0.115. The summed E-state index contributed by atoms with van der Waals surface area (Å²) in [7, 11) is 0. The van der Waals surface area contributed by atoms with E-state index in [2.05, 4.69) is 24.1 Å². The van der Waals surface area contributed by atoms with Crippen LogP contribution in [0.5, 0.6) is 0 Å². The van der Waals surface area contributed by atoms with Crippen LogP contribution in [0.2, 0.25) is 0 Å². The Morgan fingerprint density at radius 1 is 1.47 bits per heavy atom. The van der Waals surface area contributed by atoms with Crippen molar-refractivity contribution in [3.05, 3.63) is 0 Å². The van der Waals surface area contributed by atoms with Crippen molar-refractivity contribution in [3.8, 4) is 0 Å². The Balaban J connectivity index is 2.54. The summed E-state index contributed by atoms with van der Waals surface area (Å²) in [6, 6.07) is 0.651. The summed E-state index contributed by atoms with van der Waals surface area (Å²) in [5.41, 5.74) is -0.547. The molecule has 0 aromatic carbocycles. The third-order valence-electron chi connectivity index (χ3n) is 4.08. The quantitative estimate of drug-likeness (QED) is 0.686. The Kier molecular flexibility index (Phi) is 6.80. The van der Waals surface area contributed by atoms with Crippen molar-refractivity contribution in [1.82, 2.24) is 10.2 Å². The number of ether oxygens (including phenoxy) is 1. The van der Waals surface area contributed by atoms with Gasteiger partial charge in [-0.2, -0.15) is 0 Å². The number of hydrogen-bond donors (Lipinski definition) is 1. The van der Waals surface area contributed by atoms with Crippen LogP contribution in [-0.4, -0.2) is 48.7 Å². The number of carbonyl (C=O) groups excluding carboxylic acids is 1. The summed E-state index contributed by atoms with van der Waals surface area (Å²) >= 11 is 0. The predicted molar refractivity (Wildman–Crippen MR) is 78.2 cm³/mol. The first-order valence-electron chi connectivity index (χ1n) is 7.69. The number of nitrogens with zero attached hydrogens (tertiary/aromatic N) is 1. The molecular formula is C15H30N2O2. The van der Waals surface area contributed by atoms with Gasteiger partial charge in [0.05, 0.1) is 6.61 Å². The number of rotatable bonds is 8. The molecule has 0 amide bonds. The predicted octanol–water partition coefficient (Wildman–Crippen LogP) is 2.18. The van der Waals surface area contributed by atoms with Crippen LogP contribution in [0.1, 0.15) is 53.4 Å². The smallest absolute Gasteiger partial charge is 0.326 e. The number of esters is 1. The number of nitrogens with one attached hydrogen (secondary N) is 1. The SMILES string of the molecule is CCCNC(C)(CCN1CCCC1C)C(=O)OCC. The second-order valence-electron chi connectivity index (χ2n) is 5.76. The van der Waals surface area contributed by atoms with E-state index in [4.69, 9.17) is 4.74 Å². The lowest BCUT2D eigenvalue weighted by Gasteiger charge is -2.31. The molecule has 0 radical (unpaired) electrons. The fraction of sp³-hybridized carbons (Fsp3) is 0.933. The Bertz CT molecular complexity index is 283. The van der Waals surface area contributed by atoms with Crippen LogP contribution in [0.25, 0.3) is 0 Å². The van der Waals surface area contributed by atoms with E-state index in [9.17, 15) is 4.79 Å². The summed E-state index contributed by atoms with van der Waals surface area (Å²) in [6.45, 7) is 11.6. The summed E-state index contributed by atoms with van der Waals surface area (Å²) < 4.78 is 5.23. The van der Waals surface area contributed by atoms with Crippen molar-refractivity contribution >= 4 is 5.97 Å². The molecule has 0 aromatic heterocycles. The minimum atomic E-state index is -0.547. The molecule has 1 saturated heterocycles. The first kappa shape index (κ1) is 16.4. The van der Waals surface area contributed by atoms with E-state index in [0.29, 0.717) is 12.6 Å². The van der Waals surface area contributed by atoms with Gasteiger partial charge in [-0.3, -0.25) is 4.79 Å². The molecule has 4 nitrogen and oxygen atoms in total. The monoisotopic (exact) mass is 270 g/mol. The molecule has 1 heterocycles. The highest BCUT2D eigenvalue weighted by Crippen LogP contribution is 2.20. The van der Waals surface area contributed by atoms with Crippen LogP contribution in [0, 0.1) is 0 Å². The molecule has 1 N–H and O–H groups in total. The fourth-order valence-corrected chi connectivity index (χ4v) is 2.65. The molecule has 1 fully saturated rings. The van der Waals surface area contributed by atoms with E-state index >= 15 is 0 Å². The Morgan fingerprint density at radius 3 is 2.74 bits per heavy atom. The third-order valence-corrected chi connectivity index (χ3v) is 4.08. The molecule has 19 heavy (non-hydrogen) atoms. The molecule has 0 bridgehead atoms. The lowest BCUT2D eigenvalue weighted by molar-refractivity contribution is -0.151. The van der Waals surface area contributed by atoms with E-state index in [0.717, 1.165) is 32.5 Å². The van der Waals surface area contributed by atoms with Gasteiger partial charge >= 0.3 is 5.97 Å². The molecular weight excluding hydrogens is 240 g/mol. The highest BCUT2D eigenvalue weighted by atomic mass is 16.5. The Labute approximate surface area is 117 Å². The van der Waals surface area contributed by atoms with Gasteiger partial charge in [0.15, 0.2) is 0 Å². The van der Waals surface area contributed by atoms with Crippen molar-refractivity contribution < 1.29 is 9.53 Å². The molecule has 0 saturated carbocycles. The largest absolute Gasteiger partial charge is 0.465 e. The second kappa shape index (κ2) is 7.85. The van der Waals surface area contributed by atoms with Crippen molar-refractivity contribution in [2.45, 2.75) is 65.0 Å². The minimum Gasteiger partial charge on any atom is -0.465 e. The van der Waals surface area contributed by atoms with E-state index in [1.807, 2.05) is 13.8 Å². The molecule has 112 valence electrons. The lowest BCUT2D eigenvalue weighted by atomic mass is 9.97. The van der Waals surface area contributed by atoms with Crippen LogP contribution in [-0.2, 0) is 9.53 Å². The van der Waals surface area contributed by atoms with Gasteiger partial charge in [-0.25, -0.2) is 0 Å². The molecule has 0 spiro atoms. The Morgan fingerprint density at radius 2 is 2.21 bits per heavy atom. The molecule has 2 atom stereocenters. The van der Waals surface area contributed by atoms with E-state index in [1.165, 1.54) is 12.8 Å². The maximum atomic E-state index is 12.2. The zero-order valence-electron chi connectivity index (χ0n) is 13.0. The molecule has 0 aliphatic carbocycles. The number of likely N-dealkylation sites (tertiary alicyclic amines) is 1. The van der Waals surface area contributed by atoms with E-state index < -0.39 is 5.54 Å². The standard InChI is InChI=1S/C15H30N2O2/c1-5-10-16-15(4,14(18)19-6-2)9-12-17-11-7-8-13(17)3/h13,16H,5-12H2,1-4H3. The highest BCUT2D eigenvalue weighted by molar-refractivity contribution is 5.80. The molecule has 1 rings (SSSR count). The molecule has 0 aromatic rings. The Hall–Kier alpha value is -0.610. The van der Waals surface area contributed by atoms with Gasteiger partial charge in [-0.15, -0.1) is 0 Å². The van der Waals surface area contributed by atoms with Gasteiger partial charge in [0.2, 0.25) is 0 Å². The van der Waals surface area contributed by atoms with Crippen LogP contribution in [0.4, 0.5) is 0 Å². The third kappa shape index (κ3) is 4.77. The molecule has 1 aliphatic rings. The topological polar surface area (TPSA) is 41.6 Å². The highest BCUT2D eigenvalue weighted by Gasteiger charge is 2.35. The van der Waals surface area contributed by atoms with Gasteiger partial charge in [0.1, 0.15) is 5.54 Å². The van der Waals surface area contributed by atoms with Crippen LogP contribution in [0.15, 0.2) is 0 Å². The zero-order chi connectivity index (χ0) is 14.3. The molecule has 2 unspecified atom stereocenters. The van der Waals surface area contributed by atoms with Gasteiger partial charge in [0, 0.05) is 12.6 Å².